The zero-order valence-corrected chi connectivity index (χ0v) is 13.0. The minimum atomic E-state index is -0.897. The number of aliphatic hydroxyl groups is 2. The van der Waals surface area contributed by atoms with E-state index in [-0.39, 0.29) is 0 Å². The molecule has 0 heterocycles. The average Bonchev–Trinajstić information content (AvgIpc) is 2.65. The molecule has 5 rings (SSSR count). The molecule has 2 atom stereocenters. The van der Waals surface area contributed by atoms with E-state index in [2.05, 4.69) is 30.3 Å². The maximum atomic E-state index is 10.6. The van der Waals surface area contributed by atoms with E-state index in [1.165, 1.54) is 16.2 Å². The highest BCUT2D eigenvalue weighted by Crippen LogP contribution is 2.46. The zero-order chi connectivity index (χ0) is 16.3. The zero-order valence-electron chi connectivity index (χ0n) is 13.0. The van der Waals surface area contributed by atoms with Gasteiger partial charge in [0.25, 0.3) is 0 Å². The van der Waals surface area contributed by atoms with Gasteiger partial charge < -0.3 is 10.2 Å². The molecule has 0 spiro atoms. The first-order valence-corrected chi connectivity index (χ1v) is 8.15. The normalized spacial score (nSPS) is 19.2. The molecule has 0 radical (unpaired) electrons. The van der Waals surface area contributed by atoms with Crippen molar-refractivity contribution in [3.8, 4) is 11.1 Å². The van der Waals surface area contributed by atoms with Gasteiger partial charge in [-0.1, -0.05) is 60.7 Å². The molecule has 2 heteroatoms. The highest BCUT2D eigenvalue weighted by atomic mass is 16.3. The largest absolute Gasteiger partial charge is 0.385 e. The molecule has 4 aromatic rings. The van der Waals surface area contributed by atoms with Gasteiger partial charge in [0.15, 0.2) is 0 Å². The van der Waals surface area contributed by atoms with Gasteiger partial charge in [-0.05, 0) is 55.9 Å². The lowest BCUT2D eigenvalue weighted by Gasteiger charge is -2.29. The maximum Gasteiger partial charge on any atom is 0.110 e. The number of hydrogen-bond donors (Lipinski definition) is 2. The summed E-state index contributed by atoms with van der Waals surface area (Å²) in [6.45, 7) is 0. The second-order valence-corrected chi connectivity index (χ2v) is 6.42. The van der Waals surface area contributed by atoms with Crippen LogP contribution in [0.2, 0.25) is 0 Å². The Hall–Kier alpha value is -2.68. The van der Waals surface area contributed by atoms with Gasteiger partial charge in [0.2, 0.25) is 0 Å². The molecule has 0 amide bonds. The highest BCUT2D eigenvalue weighted by molar-refractivity contribution is 6.09. The van der Waals surface area contributed by atoms with Crippen LogP contribution < -0.4 is 0 Å². The van der Waals surface area contributed by atoms with E-state index in [1.807, 2.05) is 42.5 Å². The maximum absolute atomic E-state index is 10.6. The van der Waals surface area contributed by atoms with Crippen LogP contribution in [0.15, 0.2) is 72.8 Å². The third-order valence-corrected chi connectivity index (χ3v) is 5.10. The smallest absolute Gasteiger partial charge is 0.110 e. The first kappa shape index (κ1) is 13.7. The topological polar surface area (TPSA) is 40.5 Å². The molecule has 0 saturated heterocycles. The van der Waals surface area contributed by atoms with E-state index in [1.54, 1.807) is 0 Å². The van der Waals surface area contributed by atoms with E-state index in [4.69, 9.17) is 0 Å². The molecule has 2 N–H and O–H groups in total. The van der Waals surface area contributed by atoms with Gasteiger partial charge >= 0.3 is 0 Å². The molecular formula is C22H16O2. The van der Waals surface area contributed by atoms with Crippen molar-refractivity contribution in [2.24, 2.45) is 0 Å². The van der Waals surface area contributed by atoms with Crippen LogP contribution in [0, 0.1) is 0 Å². The Morgan fingerprint density at radius 1 is 0.542 bits per heavy atom. The Labute approximate surface area is 139 Å². The molecule has 0 bridgehead atoms. The molecule has 0 saturated carbocycles. The van der Waals surface area contributed by atoms with E-state index in [0.717, 1.165) is 27.6 Å². The van der Waals surface area contributed by atoms with Crippen LogP contribution in [0.5, 0.6) is 0 Å². The third kappa shape index (κ3) is 1.78. The summed E-state index contributed by atoms with van der Waals surface area (Å²) >= 11 is 0. The summed E-state index contributed by atoms with van der Waals surface area (Å²) in [6.07, 6.45) is -1.78. The minimum Gasteiger partial charge on any atom is -0.385 e. The monoisotopic (exact) mass is 312 g/mol. The van der Waals surface area contributed by atoms with Crippen LogP contribution in [0.3, 0.4) is 0 Å². The molecule has 116 valence electrons. The molecule has 0 unspecified atom stereocenters. The molecular weight excluding hydrogens is 296 g/mol. The van der Waals surface area contributed by atoms with Crippen molar-refractivity contribution < 1.29 is 10.2 Å². The summed E-state index contributed by atoms with van der Waals surface area (Å²) < 4.78 is 0. The quantitative estimate of drug-likeness (QED) is 0.460. The fourth-order valence-electron chi connectivity index (χ4n) is 3.89. The SMILES string of the molecule is O[C@H]1c2ccccc2-c2cc3c(ccc4ccccc43)cc2[C@@H]1O. The fourth-order valence-corrected chi connectivity index (χ4v) is 3.89. The van der Waals surface area contributed by atoms with Crippen molar-refractivity contribution in [3.63, 3.8) is 0 Å². The van der Waals surface area contributed by atoms with Crippen molar-refractivity contribution >= 4 is 21.5 Å². The summed E-state index contributed by atoms with van der Waals surface area (Å²) in [4.78, 5) is 0. The Bertz CT molecular complexity index is 1100. The molecule has 1 aliphatic rings. The van der Waals surface area contributed by atoms with Crippen LogP contribution in [-0.4, -0.2) is 10.2 Å². The summed E-state index contributed by atoms with van der Waals surface area (Å²) in [5.41, 5.74) is 3.59. The first-order valence-electron chi connectivity index (χ1n) is 8.15. The lowest BCUT2D eigenvalue weighted by atomic mass is 9.80. The van der Waals surface area contributed by atoms with Crippen molar-refractivity contribution in [1.29, 1.82) is 0 Å². The minimum absolute atomic E-state index is 0.789. The average molecular weight is 312 g/mol. The van der Waals surface area contributed by atoms with Crippen molar-refractivity contribution in [1.82, 2.24) is 0 Å². The summed E-state index contributed by atoms with van der Waals surface area (Å²) in [5.74, 6) is 0. The van der Waals surface area contributed by atoms with Crippen molar-refractivity contribution in [2.75, 3.05) is 0 Å². The van der Waals surface area contributed by atoms with Gasteiger partial charge in [-0.25, -0.2) is 0 Å². The number of rotatable bonds is 0. The predicted molar refractivity (Wildman–Crippen MR) is 96.8 cm³/mol. The molecule has 1 aliphatic carbocycles. The van der Waals surface area contributed by atoms with Gasteiger partial charge in [-0.3, -0.25) is 0 Å². The van der Waals surface area contributed by atoms with Gasteiger partial charge in [-0.2, -0.15) is 0 Å². The standard InChI is InChI=1S/C22H16O2/c23-21-17-8-4-3-7-16(17)19-12-18-14(11-20(19)22(21)24)10-9-13-5-1-2-6-15(13)18/h1-12,21-24H/t21-,22-/m0/s1. The van der Waals surface area contributed by atoms with Crippen molar-refractivity contribution in [2.45, 2.75) is 12.2 Å². The number of benzene rings is 4. The fraction of sp³-hybridized carbons (Fsp3) is 0.0909. The van der Waals surface area contributed by atoms with Crippen molar-refractivity contribution in [3.05, 3.63) is 83.9 Å². The second-order valence-electron chi connectivity index (χ2n) is 6.42. The van der Waals surface area contributed by atoms with Gasteiger partial charge in [0.05, 0.1) is 0 Å². The predicted octanol–water partition coefficient (Wildman–Crippen LogP) is 4.74. The van der Waals surface area contributed by atoms with E-state index in [0.29, 0.717) is 0 Å². The Morgan fingerprint density at radius 3 is 2.17 bits per heavy atom. The lowest BCUT2D eigenvalue weighted by molar-refractivity contribution is 0.0159. The van der Waals surface area contributed by atoms with E-state index < -0.39 is 12.2 Å². The number of aliphatic hydroxyl groups excluding tert-OH is 2. The summed E-state index contributed by atoms with van der Waals surface area (Å²) in [6, 6.07) is 24.5. The summed E-state index contributed by atoms with van der Waals surface area (Å²) in [5, 5.41) is 25.7. The third-order valence-electron chi connectivity index (χ3n) is 5.10. The van der Waals surface area contributed by atoms with Gasteiger partial charge in [0.1, 0.15) is 12.2 Å². The number of fused-ring (bicyclic) bond motifs is 6. The lowest BCUT2D eigenvalue weighted by Crippen LogP contribution is -2.17. The Kier molecular flexibility index (Phi) is 2.81. The van der Waals surface area contributed by atoms with Crippen LogP contribution in [0.25, 0.3) is 32.7 Å². The Balaban J connectivity index is 1.92. The molecule has 0 fully saturated rings. The molecule has 4 aromatic carbocycles. The Morgan fingerprint density at radius 2 is 1.25 bits per heavy atom. The number of hydrogen-bond acceptors (Lipinski definition) is 2. The summed E-state index contributed by atoms with van der Waals surface area (Å²) in [7, 11) is 0. The molecule has 24 heavy (non-hydrogen) atoms. The van der Waals surface area contributed by atoms with Crippen LogP contribution in [0.4, 0.5) is 0 Å². The van der Waals surface area contributed by atoms with Crippen LogP contribution in [-0.2, 0) is 0 Å². The molecule has 0 aromatic heterocycles. The van der Waals surface area contributed by atoms with E-state index in [9.17, 15) is 10.2 Å². The highest BCUT2D eigenvalue weighted by Gasteiger charge is 2.31. The first-order chi connectivity index (χ1) is 11.7. The van der Waals surface area contributed by atoms with E-state index >= 15 is 0 Å². The second kappa shape index (κ2) is 4.91. The van der Waals surface area contributed by atoms with Gasteiger partial charge in [-0.15, -0.1) is 0 Å². The molecule has 2 nitrogen and oxygen atoms in total. The van der Waals surface area contributed by atoms with Crippen LogP contribution >= 0.6 is 0 Å². The van der Waals surface area contributed by atoms with Crippen LogP contribution in [0.1, 0.15) is 23.3 Å². The molecule has 0 aliphatic heterocycles. The van der Waals surface area contributed by atoms with Gasteiger partial charge in [0, 0.05) is 0 Å².